The van der Waals surface area contributed by atoms with E-state index >= 15 is 0 Å². The molecule has 0 spiro atoms. The second-order valence-electron chi connectivity index (χ2n) is 7.49. The van der Waals surface area contributed by atoms with Gasteiger partial charge >= 0.3 is 0 Å². The Morgan fingerprint density at radius 1 is 0.943 bits per heavy atom. The summed E-state index contributed by atoms with van der Waals surface area (Å²) in [5.41, 5.74) is 0.718. The van der Waals surface area contributed by atoms with Crippen LogP contribution in [0, 0.1) is 0 Å². The molecule has 1 heterocycles. The molecule has 0 atom stereocenters. The van der Waals surface area contributed by atoms with Gasteiger partial charge in [0.15, 0.2) is 5.13 Å². The number of benzene rings is 2. The zero-order valence-electron chi connectivity index (χ0n) is 20.9. The van der Waals surface area contributed by atoms with Crippen LogP contribution in [0.1, 0.15) is 20.3 Å². The molecule has 0 fully saturated rings. The van der Waals surface area contributed by atoms with Crippen molar-refractivity contribution in [2.45, 2.75) is 25.2 Å². The first-order valence-electron chi connectivity index (χ1n) is 11.4. The van der Waals surface area contributed by atoms with Crippen molar-refractivity contribution in [3.05, 3.63) is 36.4 Å². The summed E-state index contributed by atoms with van der Waals surface area (Å²) in [5, 5.41) is 0.671. The van der Waals surface area contributed by atoms with Gasteiger partial charge in [-0.1, -0.05) is 25.2 Å². The number of methoxy groups -OCH3 is 3. The highest BCUT2D eigenvalue weighted by atomic mass is 35.5. The van der Waals surface area contributed by atoms with Crippen LogP contribution < -0.4 is 19.1 Å². The number of nitrogens with zero attached hydrogens (tertiary/aromatic N) is 3. The van der Waals surface area contributed by atoms with Gasteiger partial charge in [-0.15, -0.1) is 24.2 Å². The standard InChI is InChI=1S/C25H33N3O4S2.ClH/c1-6-27(7-2)15-16-28(22(29)14-17-33-19-10-8-18(30-3)9-11-19)25-26-23-20(31-4)12-13-21(32-5)24(23)34-25;/h8-13H,6-7,14-17H2,1-5H3;1H. The van der Waals surface area contributed by atoms with Crippen molar-refractivity contribution in [2.24, 2.45) is 0 Å². The zero-order chi connectivity index (χ0) is 24.5. The van der Waals surface area contributed by atoms with Crippen molar-refractivity contribution in [2.75, 3.05) is 58.2 Å². The molecule has 0 unspecified atom stereocenters. The lowest BCUT2D eigenvalue weighted by Crippen LogP contribution is -2.39. The zero-order valence-corrected chi connectivity index (χ0v) is 23.4. The summed E-state index contributed by atoms with van der Waals surface area (Å²) in [4.78, 5) is 23.4. The van der Waals surface area contributed by atoms with Gasteiger partial charge in [-0.3, -0.25) is 9.69 Å². The molecule has 0 N–H and O–H groups in total. The summed E-state index contributed by atoms with van der Waals surface area (Å²) in [6.45, 7) is 7.51. The van der Waals surface area contributed by atoms with Gasteiger partial charge in [0.1, 0.15) is 27.5 Å². The monoisotopic (exact) mass is 539 g/mol. The third-order valence-corrected chi connectivity index (χ3v) is 7.72. The second kappa shape index (κ2) is 14.4. The van der Waals surface area contributed by atoms with E-state index in [2.05, 4.69) is 18.7 Å². The van der Waals surface area contributed by atoms with E-state index in [4.69, 9.17) is 19.2 Å². The largest absolute Gasteiger partial charge is 0.497 e. The predicted molar refractivity (Wildman–Crippen MR) is 148 cm³/mol. The van der Waals surface area contributed by atoms with Crippen LogP contribution >= 0.6 is 35.5 Å². The minimum absolute atomic E-state index is 0. The van der Waals surface area contributed by atoms with Crippen LogP contribution in [0.2, 0.25) is 0 Å². The smallest absolute Gasteiger partial charge is 0.229 e. The van der Waals surface area contributed by atoms with Crippen LogP contribution in [0.3, 0.4) is 0 Å². The molecule has 7 nitrogen and oxygen atoms in total. The van der Waals surface area contributed by atoms with Gasteiger partial charge in [0.2, 0.25) is 5.91 Å². The Balaban J connectivity index is 0.00000432. The Morgan fingerprint density at radius 3 is 2.20 bits per heavy atom. The predicted octanol–water partition coefficient (Wildman–Crippen LogP) is 5.60. The van der Waals surface area contributed by atoms with Gasteiger partial charge in [-0.05, 0) is 49.5 Å². The molecule has 10 heteroatoms. The molecule has 192 valence electrons. The molecule has 0 bridgehead atoms. The fourth-order valence-corrected chi connectivity index (χ4v) is 5.52. The average molecular weight is 540 g/mol. The van der Waals surface area contributed by atoms with Crippen molar-refractivity contribution >= 4 is 56.8 Å². The van der Waals surface area contributed by atoms with Crippen LogP contribution in [0.5, 0.6) is 17.2 Å². The Labute approximate surface area is 222 Å². The van der Waals surface area contributed by atoms with E-state index in [9.17, 15) is 4.79 Å². The topological polar surface area (TPSA) is 64.1 Å². The molecule has 0 saturated heterocycles. The van der Waals surface area contributed by atoms with E-state index in [0.29, 0.717) is 29.6 Å². The molecule has 0 aliphatic heterocycles. The number of carbonyl (C=O) groups is 1. The highest BCUT2D eigenvalue weighted by Gasteiger charge is 2.23. The van der Waals surface area contributed by atoms with Gasteiger partial charge in [-0.25, -0.2) is 4.98 Å². The molecule has 0 aliphatic carbocycles. The van der Waals surface area contributed by atoms with Crippen molar-refractivity contribution in [3.63, 3.8) is 0 Å². The van der Waals surface area contributed by atoms with Crippen molar-refractivity contribution < 1.29 is 19.0 Å². The maximum atomic E-state index is 13.4. The number of likely N-dealkylation sites (N-methyl/N-ethyl adjacent to an activating group) is 1. The van der Waals surface area contributed by atoms with Crippen LogP contribution in [-0.4, -0.2) is 69.1 Å². The fraction of sp³-hybridized carbons (Fsp3) is 0.440. The molecular weight excluding hydrogens is 506 g/mol. The second-order valence-corrected chi connectivity index (χ2v) is 9.64. The van der Waals surface area contributed by atoms with E-state index in [1.54, 1.807) is 33.1 Å². The number of hydrogen-bond acceptors (Lipinski definition) is 8. The van der Waals surface area contributed by atoms with Gasteiger partial charge in [0, 0.05) is 30.2 Å². The summed E-state index contributed by atoms with van der Waals surface area (Å²) in [6, 6.07) is 11.6. The molecule has 2 aromatic carbocycles. The first-order valence-corrected chi connectivity index (χ1v) is 13.2. The molecule has 3 aromatic rings. The minimum Gasteiger partial charge on any atom is -0.497 e. The minimum atomic E-state index is 0. The van der Waals surface area contributed by atoms with Gasteiger partial charge in [-0.2, -0.15) is 0 Å². The number of ether oxygens (including phenoxy) is 3. The summed E-state index contributed by atoms with van der Waals surface area (Å²) in [5.74, 6) is 2.97. The first kappa shape index (κ1) is 29.0. The number of thioether (sulfide) groups is 1. The van der Waals surface area contributed by atoms with Gasteiger partial charge < -0.3 is 19.1 Å². The van der Waals surface area contributed by atoms with Crippen LogP contribution in [-0.2, 0) is 4.79 Å². The molecular formula is C25H34ClN3O4S2. The average Bonchev–Trinajstić information content (AvgIpc) is 3.31. The number of anilines is 1. The normalized spacial score (nSPS) is 10.8. The molecule has 0 radical (unpaired) electrons. The Hall–Kier alpha value is -2.20. The van der Waals surface area contributed by atoms with Gasteiger partial charge in [0.05, 0.1) is 21.3 Å². The number of fused-ring (bicyclic) bond motifs is 1. The number of hydrogen-bond donors (Lipinski definition) is 0. The van der Waals surface area contributed by atoms with E-state index in [0.717, 1.165) is 46.2 Å². The molecule has 1 aromatic heterocycles. The highest BCUT2D eigenvalue weighted by molar-refractivity contribution is 7.99. The third-order valence-electron chi connectivity index (χ3n) is 5.61. The van der Waals surface area contributed by atoms with Crippen molar-refractivity contribution in [1.29, 1.82) is 0 Å². The lowest BCUT2D eigenvalue weighted by molar-refractivity contribution is -0.118. The Bertz CT molecular complexity index is 1030. The molecule has 3 rings (SSSR count). The van der Waals surface area contributed by atoms with Crippen LogP contribution in [0.15, 0.2) is 41.3 Å². The highest BCUT2D eigenvalue weighted by Crippen LogP contribution is 2.40. The molecule has 0 saturated carbocycles. The SMILES string of the molecule is CCN(CC)CCN(C(=O)CCSc1ccc(OC)cc1)c1nc2c(OC)ccc(OC)c2s1.Cl. The molecule has 35 heavy (non-hydrogen) atoms. The van der Waals surface area contributed by atoms with Crippen molar-refractivity contribution in [1.82, 2.24) is 9.88 Å². The van der Waals surface area contributed by atoms with E-state index < -0.39 is 0 Å². The number of thiazole rings is 1. The van der Waals surface area contributed by atoms with E-state index in [1.807, 2.05) is 41.3 Å². The summed E-state index contributed by atoms with van der Waals surface area (Å²) >= 11 is 3.13. The quantitative estimate of drug-likeness (QED) is 0.262. The maximum Gasteiger partial charge on any atom is 0.229 e. The molecule has 1 amide bonds. The summed E-state index contributed by atoms with van der Waals surface area (Å²) < 4.78 is 17.1. The van der Waals surface area contributed by atoms with Crippen molar-refractivity contribution in [3.8, 4) is 17.2 Å². The lowest BCUT2D eigenvalue weighted by Gasteiger charge is -2.24. The van der Waals surface area contributed by atoms with E-state index in [1.165, 1.54) is 11.3 Å². The van der Waals surface area contributed by atoms with Crippen LogP contribution in [0.4, 0.5) is 5.13 Å². The van der Waals surface area contributed by atoms with Gasteiger partial charge in [0.25, 0.3) is 0 Å². The number of aromatic nitrogens is 1. The number of halogens is 1. The third kappa shape index (κ3) is 7.39. The Kier molecular flexibility index (Phi) is 11.9. The lowest BCUT2D eigenvalue weighted by atomic mass is 10.3. The maximum absolute atomic E-state index is 13.4. The summed E-state index contributed by atoms with van der Waals surface area (Å²) in [7, 11) is 4.92. The van der Waals surface area contributed by atoms with E-state index in [-0.39, 0.29) is 18.3 Å². The first-order chi connectivity index (χ1) is 16.5. The number of amides is 1. The van der Waals surface area contributed by atoms with Crippen LogP contribution in [0.25, 0.3) is 10.2 Å². The Morgan fingerprint density at radius 2 is 1.60 bits per heavy atom. The summed E-state index contributed by atoms with van der Waals surface area (Å²) in [6.07, 6.45) is 0.416. The number of carbonyl (C=O) groups excluding carboxylic acids is 1. The number of rotatable bonds is 13. The molecule has 0 aliphatic rings. The fourth-order valence-electron chi connectivity index (χ4n) is 3.56.